The summed E-state index contributed by atoms with van der Waals surface area (Å²) in [6.45, 7) is 1.28. The fraction of sp³-hybridized carbons (Fsp3) is 0.400. The zero-order chi connectivity index (χ0) is 21.3. The van der Waals surface area contributed by atoms with Crippen molar-refractivity contribution in [3.05, 3.63) is 70.8 Å². The van der Waals surface area contributed by atoms with Gasteiger partial charge in [0.05, 0.1) is 16.2 Å². The first kappa shape index (κ1) is 19.2. The Bertz CT molecular complexity index is 1080. The summed E-state index contributed by atoms with van der Waals surface area (Å²) in [5.74, 6) is -1.74. The standard InChI is InChI=1S/C25H23BrN2O3/c26-25-17-10-4-2-8-15(17)20(16-9-3-5-11-18(16)25)21-22(25)24(31)28(23(21)30)14-19(29)27-12-6-1-7-13-27/h2-5,8-11,20-22H,1,6-7,12-14H2/t20?,21-,22-,25?/m1/s1. The first-order valence-corrected chi connectivity index (χ1v) is 11.8. The first-order valence-electron chi connectivity index (χ1n) is 11.0. The van der Waals surface area contributed by atoms with Crippen LogP contribution in [0.4, 0.5) is 0 Å². The maximum atomic E-state index is 13.7. The molecule has 2 bridgehead atoms. The molecule has 2 aromatic carbocycles. The van der Waals surface area contributed by atoms with E-state index in [0.29, 0.717) is 13.1 Å². The Morgan fingerprint density at radius 3 is 2.10 bits per heavy atom. The molecule has 2 heterocycles. The summed E-state index contributed by atoms with van der Waals surface area (Å²) in [6, 6.07) is 16.2. The molecule has 2 atom stereocenters. The number of alkyl halides is 1. The summed E-state index contributed by atoms with van der Waals surface area (Å²) < 4.78 is -0.755. The number of benzene rings is 2. The van der Waals surface area contributed by atoms with Crippen LogP contribution in [-0.2, 0) is 18.7 Å². The highest BCUT2D eigenvalue weighted by Crippen LogP contribution is 2.66. The SMILES string of the molecule is O=C(CN1C(=O)[C@@H]2C3c4ccccc4C(Br)(c4ccccc43)[C@H]2C1=O)N1CCCCC1. The Kier molecular flexibility index (Phi) is 4.20. The molecule has 0 saturated carbocycles. The number of amides is 3. The van der Waals surface area contributed by atoms with E-state index >= 15 is 0 Å². The molecule has 0 spiro atoms. The summed E-state index contributed by atoms with van der Waals surface area (Å²) in [7, 11) is 0. The van der Waals surface area contributed by atoms with Gasteiger partial charge in [-0.2, -0.15) is 0 Å². The number of nitrogens with zero attached hydrogens (tertiary/aromatic N) is 2. The Labute approximate surface area is 189 Å². The molecule has 2 aromatic rings. The molecule has 31 heavy (non-hydrogen) atoms. The second-order valence-electron chi connectivity index (χ2n) is 9.07. The largest absolute Gasteiger partial charge is 0.341 e. The lowest BCUT2D eigenvalue weighted by atomic mass is 9.55. The van der Waals surface area contributed by atoms with Gasteiger partial charge in [-0.25, -0.2) is 0 Å². The predicted molar refractivity (Wildman–Crippen MR) is 119 cm³/mol. The maximum absolute atomic E-state index is 13.7. The zero-order valence-electron chi connectivity index (χ0n) is 17.1. The summed E-state index contributed by atoms with van der Waals surface area (Å²) >= 11 is 3.98. The van der Waals surface area contributed by atoms with E-state index in [2.05, 4.69) is 40.2 Å². The van der Waals surface area contributed by atoms with E-state index in [1.165, 1.54) is 4.90 Å². The molecule has 0 aromatic heterocycles. The van der Waals surface area contributed by atoms with Crippen LogP contribution in [0.2, 0.25) is 0 Å². The van der Waals surface area contributed by atoms with Crippen LogP contribution in [0.1, 0.15) is 47.4 Å². The smallest absolute Gasteiger partial charge is 0.242 e. The first-order chi connectivity index (χ1) is 15.0. The van der Waals surface area contributed by atoms with Crippen LogP contribution in [0.15, 0.2) is 48.5 Å². The lowest BCUT2D eigenvalue weighted by Gasteiger charge is -2.51. The molecule has 0 radical (unpaired) electrons. The van der Waals surface area contributed by atoms with Crippen molar-refractivity contribution in [1.82, 2.24) is 9.80 Å². The van der Waals surface area contributed by atoms with Gasteiger partial charge in [-0.1, -0.05) is 64.5 Å². The lowest BCUT2D eigenvalue weighted by molar-refractivity contribution is -0.147. The van der Waals surface area contributed by atoms with E-state index in [9.17, 15) is 14.4 Å². The Morgan fingerprint density at radius 1 is 0.903 bits per heavy atom. The molecule has 2 saturated heterocycles. The van der Waals surface area contributed by atoms with Crippen molar-refractivity contribution in [3.63, 3.8) is 0 Å². The molecule has 5 aliphatic rings. The number of hydrogen-bond donors (Lipinski definition) is 0. The number of likely N-dealkylation sites (tertiary alicyclic amines) is 2. The molecule has 3 amide bonds. The van der Waals surface area contributed by atoms with Gasteiger partial charge in [0.25, 0.3) is 0 Å². The number of carbonyl (C=O) groups is 3. The van der Waals surface area contributed by atoms with E-state index < -0.39 is 16.2 Å². The summed E-state index contributed by atoms with van der Waals surface area (Å²) in [4.78, 5) is 43.3. The quantitative estimate of drug-likeness (QED) is 0.490. The highest BCUT2D eigenvalue weighted by Gasteiger charge is 2.67. The third kappa shape index (κ3) is 2.45. The monoisotopic (exact) mass is 478 g/mol. The summed E-state index contributed by atoms with van der Waals surface area (Å²) in [6.07, 6.45) is 3.09. The number of hydrogen-bond acceptors (Lipinski definition) is 3. The van der Waals surface area contributed by atoms with Crippen molar-refractivity contribution in [2.45, 2.75) is 29.5 Å². The molecule has 5 nitrogen and oxygen atoms in total. The molecule has 7 rings (SSSR count). The molecule has 6 heteroatoms. The summed E-state index contributed by atoms with van der Waals surface area (Å²) in [5, 5.41) is 0. The van der Waals surface area contributed by atoms with Crippen LogP contribution in [0, 0.1) is 11.8 Å². The van der Waals surface area contributed by atoms with Gasteiger partial charge in [-0.15, -0.1) is 0 Å². The normalized spacial score (nSPS) is 30.8. The Hall–Kier alpha value is -2.47. The average molecular weight is 479 g/mol. The molecule has 158 valence electrons. The minimum absolute atomic E-state index is 0.119. The highest BCUT2D eigenvalue weighted by molar-refractivity contribution is 9.09. The predicted octanol–water partition coefficient (Wildman–Crippen LogP) is 3.40. The van der Waals surface area contributed by atoms with E-state index in [-0.39, 0.29) is 30.2 Å². The van der Waals surface area contributed by atoms with Gasteiger partial charge in [0.2, 0.25) is 17.7 Å². The fourth-order valence-electron chi connectivity index (χ4n) is 6.27. The van der Waals surface area contributed by atoms with Crippen molar-refractivity contribution in [2.24, 2.45) is 11.8 Å². The van der Waals surface area contributed by atoms with Crippen molar-refractivity contribution in [2.75, 3.05) is 19.6 Å². The van der Waals surface area contributed by atoms with Crippen LogP contribution < -0.4 is 0 Å². The Morgan fingerprint density at radius 2 is 1.48 bits per heavy atom. The minimum Gasteiger partial charge on any atom is -0.341 e. The van der Waals surface area contributed by atoms with Gasteiger partial charge in [-0.05, 0) is 41.5 Å². The van der Waals surface area contributed by atoms with Crippen molar-refractivity contribution < 1.29 is 14.4 Å². The van der Waals surface area contributed by atoms with Crippen LogP contribution >= 0.6 is 15.9 Å². The van der Waals surface area contributed by atoms with Crippen molar-refractivity contribution in [1.29, 1.82) is 0 Å². The van der Waals surface area contributed by atoms with Gasteiger partial charge in [0, 0.05) is 19.0 Å². The van der Waals surface area contributed by atoms with Crippen LogP contribution in [0.25, 0.3) is 0 Å². The van der Waals surface area contributed by atoms with Gasteiger partial charge in [0.1, 0.15) is 6.54 Å². The number of piperidine rings is 1. The number of imide groups is 1. The lowest BCUT2D eigenvalue weighted by Crippen LogP contribution is -2.50. The second kappa shape index (κ2) is 6.76. The highest BCUT2D eigenvalue weighted by atomic mass is 79.9. The zero-order valence-corrected chi connectivity index (χ0v) is 18.7. The molecule has 0 N–H and O–H groups in total. The molecule has 2 fully saturated rings. The maximum Gasteiger partial charge on any atom is 0.242 e. The van der Waals surface area contributed by atoms with Gasteiger partial charge < -0.3 is 4.90 Å². The van der Waals surface area contributed by atoms with E-state index in [1.807, 2.05) is 24.3 Å². The van der Waals surface area contributed by atoms with Gasteiger partial charge in [-0.3, -0.25) is 19.3 Å². The van der Waals surface area contributed by atoms with Crippen LogP contribution in [0.3, 0.4) is 0 Å². The Balaban J connectivity index is 1.43. The number of rotatable bonds is 2. The van der Waals surface area contributed by atoms with Gasteiger partial charge >= 0.3 is 0 Å². The van der Waals surface area contributed by atoms with E-state index in [0.717, 1.165) is 41.5 Å². The average Bonchev–Trinajstić information content (AvgIpc) is 3.06. The third-order valence-corrected chi connectivity index (χ3v) is 8.96. The van der Waals surface area contributed by atoms with Crippen LogP contribution in [0.5, 0.6) is 0 Å². The summed E-state index contributed by atoms with van der Waals surface area (Å²) in [5.41, 5.74) is 4.32. The van der Waals surface area contributed by atoms with E-state index in [1.54, 1.807) is 4.90 Å². The second-order valence-corrected chi connectivity index (χ2v) is 10.3. The van der Waals surface area contributed by atoms with Crippen molar-refractivity contribution >= 4 is 33.7 Å². The third-order valence-electron chi connectivity index (χ3n) is 7.61. The van der Waals surface area contributed by atoms with Crippen LogP contribution in [-0.4, -0.2) is 47.2 Å². The van der Waals surface area contributed by atoms with E-state index in [4.69, 9.17) is 0 Å². The molecular formula is C25H23BrN2O3. The fourth-order valence-corrected chi connectivity index (χ4v) is 7.48. The van der Waals surface area contributed by atoms with Crippen molar-refractivity contribution in [3.8, 4) is 0 Å². The molecule has 0 unspecified atom stereocenters. The topological polar surface area (TPSA) is 57.7 Å². The molecular weight excluding hydrogens is 456 g/mol. The molecule has 2 aliphatic heterocycles. The minimum atomic E-state index is -0.755. The number of halogens is 1. The van der Waals surface area contributed by atoms with Gasteiger partial charge in [0.15, 0.2) is 0 Å². The number of carbonyl (C=O) groups excluding carboxylic acids is 3. The molecule has 3 aliphatic carbocycles.